The lowest BCUT2D eigenvalue weighted by atomic mass is 9.88. The lowest BCUT2D eigenvalue weighted by Crippen LogP contribution is -2.40. The van der Waals surface area contributed by atoms with Crippen molar-refractivity contribution < 1.29 is 77.7 Å². The van der Waals surface area contributed by atoms with E-state index in [0.717, 1.165) is 102 Å². The number of hydrogen-bond acceptors (Lipinski definition) is 19. The number of sulfonamides is 3. The number of pyridine rings is 1. The number of ether oxygens (including phenoxy) is 5. The first kappa shape index (κ1) is 81.7. The number of para-hydroxylation sites is 1. The molecule has 606 valence electrons. The first-order valence-electron chi connectivity index (χ1n) is 39.2. The minimum atomic E-state index is -3.73. The molecule has 3 amide bonds. The highest BCUT2D eigenvalue weighted by Gasteiger charge is 2.40. The van der Waals surface area contributed by atoms with Crippen molar-refractivity contribution in [3.63, 3.8) is 0 Å². The Bertz CT molecular complexity index is 5860. The molecule has 0 bridgehead atoms. The van der Waals surface area contributed by atoms with Crippen LogP contribution in [0.5, 0.6) is 11.5 Å². The molecule has 0 radical (unpaired) electrons. The number of anilines is 3. The molecule has 3 saturated heterocycles. The van der Waals surface area contributed by atoms with Crippen molar-refractivity contribution in [2.24, 2.45) is 17.8 Å². The molecule has 7 aliphatic rings. The van der Waals surface area contributed by atoms with Crippen LogP contribution in [-0.2, 0) is 77.9 Å². The van der Waals surface area contributed by atoms with Gasteiger partial charge in [-0.2, -0.15) is 12.9 Å². The lowest BCUT2D eigenvalue weighted by Gasteiger charge is -2.31. The van der Waals surface area contributed by atoms with Gasteiger partial charge < -0.3 is 38.4 Å². The Balaban J connectivity index is 0.000000137. The summed E-state index contributed by atoms with van der Waals surface area (Å²) in [5.74, 6) is 0.589. The third kappa shape index (κ3) is 16.3. The summed E-state index contributed by atoms with van der Waals surface area (Å²) >= 11 is 6.97. The number of hydrogen-bond donors (Lipinski definition) is 0. The van der Waals surface area contributed by atoms with Gasteiger partial charge in [-0.1, -0.05) is 84.4 Å². The van der Waals surface area contributed by atoms with E-state index in [4.69, 9.17) is 35.3 Å². The average molecular weight is 1670 g/mol. The molecule has 0 saturated carbocycles. The van der Waals surface area contributed by atoms with Crippen LogP contribution in [0, 0.1) is 17.8 Å². The van der Waals surface area contributed by atoms with Crippen LogP contribution < -0.4 is 24.2 Å². The minimum absolute atomic E-state index is 0.0178. The molecular formula is C87H90ClN7O17S4. The summed E-state index contributed by atoms with van der Waals surface area (Å²) in [7, 11) is -6.09. The fraction of sp³-hybridized carbons (Fsp3) is 0.368. The van der Waals surface area contributed by atoms with E-state index >= 15 is 0 Å². The van der Waals surface area contributed by atoms with Crippen LogP contribution in [0.3, 0.4) is 0 Å². The summed E-state index contributed by atoms with van der Waals surface area (Å²) in [6.07, 6.45) is 7.44. The molecule has 0 aliphatic carbocycles. The summed E-state index contributed by atoms with van der Waals surface area (Å²) in [6.45, 7) is 6.03. The number of fused-ring (bicyclic) bond motifs is 2. The van der Waals surface area contributed by atoms with Crippen molar-refractivity contribution in [2.75, 3.05) is 128 Å². The number of rotatable bonds is 27. The van der Waals surface area contributed by atoms with Crippen molar-refractivity contribution in [3.8, 4) is 11.5 Å². The number of methoxy groups -OCH3 is 3. The molecule has 0 N–H and O–H groups in total. The molecule has 3 fully saturated rings. The van der Waals surface area contributed by atoms with E-state index in [9.17, 15) is 54.0 Å². The van der Waals surface area contributed by atoms with Crippen LogP contribution in [0.15, 0.2) is 172 Å². The van der Waals surface area contributed by atoms with Gasteiger partial charge in [0.1, 0.15) is 39.7 Å². The van der Waals surface area contributed by atoms with Crippen molar-refractivity contribution in [3.05, 3.63) is 196 Å². The first-order valence-corrected chi connectivity index (χ1v) is 44.7. The largest absolute Gasteiger partial charge is 0.486 e. The number of Topliss-reactive ketones (excluding diaryl/α,β-unsaturated/α-hetero) is 3. The molecule has 24 nitrogen and oxygen atoms in total. The Morgan fingerprint density at radius 1 is 0.457 bits per heavy atom. The molecule has 7 aliphatic heterocycles. The first-order chi connectivity index (χ1) is 56.1. The number of aromatic nitrogens is 1. The Morgan fingerprint density at radius 2 is 0.853 bits per heavy atom. The third-order valence-corrected chi connectivity index (χ3v) is 30.6. The molecule has 8 aromatic carbocycles. The number of carbonyl (C=O) groups is 6. The Labute approximate surface area is 683 Å². The predicted molar refractivity (Wildman–Crippen MR) is 445 cm³/mol. The lowest BCUT2D eigenvalue weighted by molar-refractivity contribution is -0.124. The minimum Gasteiger partial charge on any atom is -0.486 e. The van der Waals surface area contributed by atoms with E-state index in [1.54, 1.807) is 78.6 Å². The van der Waals surface area contributed by atoms with Gasteiger partial charge in [0.05, 0.1) is 31.8 Å². The second kappa shape index (κ2) is 35.0. The molecule has 0 atom stereocenters. The number of ketones is 3. The Morgan fingerprint density at radius 3 is 1.27 bits per heavy atom. The van der Waals surface area contributed by atoms with Gasteiger partial charge in [0.25, 0.3) is 27.7 Å². The summed E-state index contributed by atoms with van der Waals surface area (Å²) in [4.78, 5) is 89.4. The standard InChI is InChI=1S/C31H31N3O5S.C30H32N2O7S.C26H27ClN2O5S2/c1-39-19-5-16-34-26-12-11-23(24-8-3-9-25(29(24)26)31(34)36)20-27(35)21-13-17-33(18-14-21)40(37,38)28-10-2-6-22-7-4-15-32-30(22)28;1-37-15-3-12-32-25-8-6-21(23-4-2-5-24(29(23)25)30(32)34)18-26(33)20-10-13-31(14-11-20)40(35,36)22-7-9-27-28(19-22)39-17-16-38-27;1-34-15-3-12-29-21-7-6-18(19-4-2-5-20(25(19)21)26(29)31)16-22(30)17-10-13-28(14-11-17)36(32,33)24-9-8-23(27)35-24/h2-4,6-12,15,21H,5,13-14,16-20H2,1H3;2,4-9,19-20H,3,10-18H2,1H3;2,4-9,17H,3,10-16H2,1H3. The van der Waals surface area contributed by atoms with Gasteiger partial charge in [-0.25, -0.2) is 25.3 Å². The van der Waals surface area contributed by atoms with Gasteiger partial charge in [0, 0.05) is 188 Å². The monoisotopic (exact) mass is 1670 g/mol. The number of benzene rings is 8. The molecule has 29 heteroatoms. The van der Waals surface area contributed by atoms with Crippen molar-refractivity contribution in [1.82, 2.24) is 17.9 Å². The molecule has 116 heavy (non-hydrogen) atoms. The van der Waals surface area contributed by atoms with Gasteiger partial charge in [-0.15, -0.1) is 11.3 Å². The molecule has 10 aromatic rings. The Hall–Kier alpha value is -9.43. The molecule has 9 heterocycles. The zero-order chi connectivity index (χ0) is 81.2. The zero-order valence-electron chi connectivity index (χ0n) is 64.7. The van der Waals surface area contributed by atoms with E-state index < -0.39 is 30.1 Å². The second-order valence-corrected chi connectivity index (χ2v) is 37.7. The van der Waals surface area contributed by atoms with Crippen molar-refractivity contribution in [2.45, 2.75) is 91.1 Å². The summed E-state index contributed by atoms with van der Waals surface area (Å²) in [5.41, 5.74) is 7.79. The van der Waals surface area contributed by atoms with Crippen LogP contribution in [0.2, 0.25) is 4.34 Å². The second-order valence-electron chi connectivity index (χ2n) is 30.0. The molecule has 0 spiro atoms. The highest BCUT2D eigenvalue weighted by Crippen LogP contribution is 2.45. The number of carbonyl (C=O) groups excluding carboxylic acids is 6. The number of piperidine rings is 3. The quantitative estimate of drug-likeness (QED) is 0.0432. The molecular weight excluding hydrogens is 1580 g/mol. The van der Waals surface area contributed by atoms with E-state index in [1.807, 2.05) is 103 Å². The van der Waals surface area contributed by atoms with Crippen LogP contribution in [0.4, 0.5) is 17.1 Å². The van der Waals surface area contributed by atoms with Gasteiger partial charge in [-0.05, 0) is 163 Å². The predicted octanol–water partition coefficient (Wildman–Crippen LogP) is 13.2. The van der Waals surface area contributed by atoms with Crippen LogP contribution in [-0.4, -0.2) is 191 Å². The van der Waals surface area contributed by atoms with E-state index in [1.165, 1.54) is 25.0 Å². The summed E-state index contributed by atoms with van der Waals surface area (Å²) in [6, 6.07) is 45.3. The van der Waals surface area contributed by atoms with E-state index in [2.05, 4.69) is 4.98 Å². The van der Waals surface area contributed by atoms with Gasteiger partial charge in [0.15, 0.2) is 11.5 Å². The van der Waals surface area contributed by atoms with Gasteiger partial charge >= 0.3 is 0 Å². The van der Waals surface area contributed by atoms with Crippen LogP contribution in [0.25, 0.3) is 43.2 Å². The molecule has 0 unspecified atom stereocenters. The van der Waals surface area contributed by atoms with Gasteiger partial charge in [0.2, 0.25) is 20.0 Å². The van der Waals surface area contributed by atoms with Crippen LogP contribution >= 0.6 is 22.9 Å². The summed E-state index contributed by atoms with van der Waals surface area (Å²) in [5, 5.41) is 6.25. The zero-order valence-corrected chi connectivity index (χ0v) is 68.7. The SMILES string of the molecule is COCCCN1C(=O)c2cccc3c(CC(=O)C4CCN(S(=O)(=O)c5ccc(Cl)s5)CC4)ccc1c23.COCCCN1C(=O)c2cccc3c(CC(=O)C4CCN(S(=O)(=O)c5ccc6c(c5)OCCO6)CC4)ccc1c23.COCCCN1C(=O)c2cccc3c(CC(=O)C4CCN(S(=O)(=O)c5cccc6cccnc56)CC4)ccc1c23. The maximum atomic E-state index is 13.5. The smallest absolute Gasteiger partial charge is 0.258 e. The number of halogens is 1. The maximum Gasteiger partial charge on any atom is 0.258 e. The van der Waals surface area contributed by atoms with E-state index in [0.29, 0.717) is 142 Å². The normalized spacial score (nSPS) is 16.9. The fourth-order valence-electron chi connectivity index (χ4n) is 17.1. The highest BCUT2D eigenvalue weighted by molar-refractivity contribution is 7.91. The average Bonchev–Trinajstić information content (AvgIpc) is 1.54. The highest BCUT2D eigenvalue weighted by atomic mass is 35.5. The Kier molecular flexibility index (Phi) is 24.7. The van der Waals surface area contributed by atoms with E-state index in [-0.39, 0.29) is 112 Å². The maximum absolute atomic E-state index is 13.5. The summed E-state index contributed by atoms with van der Waals surface area (Å²) < 4.78 is 111. The molecule has 2 aromatic heterocycles. The topological polar surface area (TPSA) is 283 Å². The number of thiophene rings is 1. The van der Waals surface area contributed by atoms with Crippen molar-refractivity contribution >= 4 is 148 Å². The number of amides is 3. The fourth-order valence-corrected chi connectivity index (χ4v) is 23.3. The van der Waals surface area contributed by atoms with Gasteiger partial charge in [-0.3, -0.25) is 33.8 Å². The third-order valence-electron chi connectivity index (χ3n) is 23.1. The van der Waals surface area contributed by atoms with Crippen LogP contribution in [0.1, 0.15) is 106 Å². The van der Waals surface area contributed by atoms with Crippen molar-refractivity contribution in [1.29, 1.82) is 0 Å². The number of nitrogens with zero attached hydrogens (tertiary/aromatic N) is 7. The molecule has 17 rings (SSSR count).